The van der Waals surface area contributed by atoms with Gasteiger partial charge in [-0.1, -0.05) is 0 Å². The van der Waals surface area contributed by atoms with Gasteiger partial charge in [0.2, 0.25) is 0 Å². The minimum atomic E-state index is -0.549. The molecule has 17 heavy (non-hydrogen) atoms. The van der Waals surface area contributed by atoms with E-state index < -0.39 is 11.6 Å². The molecular formula is C13H12F2N2. The molecule has 2 nitrogen and oxygen atoms in total. The topological polar surface area (TPSA) is 17.8 Å². The lowest BCUT2D eigenvalue weighted by atomic mass is 10.0. The fourth-order valence-corrected chi connectivity index (χ4v) is 2.35. The molecule has 0 saturated carbocycles. The largest absolute Gasteiger partial charge is 0.269 e. The lowest BCUT2D eigenvalue weighted by molar-refractivity contribution is 0.486. The smallest absolute Gasteiger partial charge is 0.134 e. The standard InChI is InChI=1S/C13H12F2N2/c14-9-4-5-10(12(15)7-9)11-8-16-17-6-2-1-3-13(11)17/h4-5,7-8H,1-3,6H2. The van der Waals surface area contributed by atoms with E-state index in [4.69, 9.17) is 0 Å². The molecule has 0 amide bonds. The highest BCUT2D eigenvalue weighted by molar-refractivity contribution is 5.66. The zero-order valence-corrected chi connectivity index (χ0v) is 9.29. The van der Waals surface area contributed by atoms with Crippen LogP contribution in [0, 0.1) is 11.6 Å². The zero-order chi connectivity index (χ0) is 11.8. The van der Waals surface area contributed by atoms with Crippen molar-refractivity contribution in [3.8, 4) is 11.1 Å². The van der Waals surface area contributed by atoms with Crippen molar-refractivity contribution in [3.63, 3.8) is 0 Å². The Morgan fingerprint density at radius 1 is 1.12 bits per heavy atom. The van der Waals surface area contributed by atoms with Crippen molar-refractivity contribution in [3.05, 3.63) is 41.7 Å². The molecule has 4 heteroatoms. The summed E-state index contributed by atoms with van der Waals surface area (Å²) < 4.78 is 28.5. The Morgan fingerprint density at radius 2 is 2.00 bits per heavy atom. The van der Waals surface area contributed by atoms with Crippen molar-refractivity contribution in [2.45, 2.75) is 25.8 Å². The summed E-state index contributed by atoms with van der Waals surface area (Å²) >= 11 is 0. The summed E-state index contributed by atoms with van der Waals surface area (Å²) in [6.07, 6.45) is 4.80. The van der Waals surface area contributed by atoms with Gasteiger partial charge in [-0.2, -0.15) is 5.10 Å². The molecule has 0 saturated heterocycles. The molecule has 0 spiro atoms. The molecular weight excluding hydrogens is 222 g/mol. The Hall–Kier alpha value is -1.71. The van der Waals surface area contributed by atoms with E-state index in [0.29, 0.717) is 5.56 Å². The average molecular weight is 234 g/mol. The van der Waals surface area contributed by atoms with Crippen molar-refractivity contribution in [1.82, 2.24) is 9.78 Å². The monoisotopic (exact) mass is 234 g/mol. The maximum atomic E-state index is 13.7. The van der Waals surface area contributed by atoms with Crippen molar-refractivity contribution in [2.24, 2.45) is 0 Å². The molecule has 1 aromatic carbocycles. The number of hydrogen-bond donors (Lipinski definition) is 0. The number of fused-ring (bicyclic) bond motifs is 1. The van der Waals surface area contributed by atoms with E-state index in [1.54, 1.807) is 6.20 Å². The summed E-state index contributed by atoms with van der Waals surface area (Å²) in [4.78, 5) is 0. The zero-order valence-electron chi connectivity index (χ0n) is 9.29. The molecule has 88 valence electrons. The molecule has 1 aliphatic rings. The SMILES string of the molecule is Fc1ccc(-c2cnn3c2CCCC3)c(F)c1. The van der Waals surface area contributed by atoms with Crippen LogP contribution in [0.2, 0.25) is 0 Å². The number of aryl methyl sites for hydroxylation is 1. The number of hydrogen-bond acceptors (Lipinski definition) is 1. The molecule has 2 aromatic rings. The van der Waals surface area contributed by atoms with Gasteiger partial charge in [0.15, 0.2) is 0 Å². The third-order valence-electron chi connectivity index (χ3n) is 3.20. The lowest BCUT2D eigenvalue weighted by Crippen LogP contribution is -2.11. The Kier molecular flexibility index (Phi) is 2.42. The van der Waals surface area contributed by atoms with Crippen molar-refractivity contribution in [1.29, 1.82) is 0 Å². The minimum absolute atomic E-state index is 0.439. The second-order valence-corrected chi connectivity index (χ2v) is 4.31. The maximum absolute atomic E-state index is 13.7. The van der Waals surface area contributed by atoms with Gasteiger partial charge in [0.1, 0.15) is 11.6 Å². The fraction of sp³-hybridized carbons (Fsp3) is 0.308. The summed E-state index contributed by atoms with van der Waals surface area (Å²) in [6.45, 7) is 0.887. The molecule has 0 unspecified atom stereocenters. The molecule has 0 bridgehead atoms. The molecule has 3 rings (SSSR count). The molecule has 0 aliphatic carbocycles. The van der Waals surface area contributed by atoms with Gasteiger partial charge in [-0.25, -0.2) is 8.78 Å². The molecule has 0 atom stereocenters. The third-order valence-corrected chi connectivity index (χ3v) is 3.20. The van der Waals surface area contributed by atoms with E-state index in [9.17, 15) is 8.78 Å². The predicted octanol–water partition coefficient (Wildman–Crippen LogP) is 3.16. The van der Waals surface area contributed by atoms with Crippen LogP contribution < -0.4 is 0 Å². The summed E-state index contributed by atoms with van der Waals surface area (Å²) in [7, 11) is 0. The molecule has 0 radical (unpaired) electrons. The van der Waals surface area contributed by atoms with Crippen LogP contribution in [0.25, 0.3) is 11.1 Å². The van der Waals surface area contributed by atoms with Gasteiger partial charge >= 0.3 is 0 Å². The first-order chi connectivity index (χ1) is 8.25. The van der Waals surface area contributed by atoms with Crippen LogP contribution in [-0.2, 0) is 13.0 Å². The molecule has 1 aliphatic heterocycles. The van der Waals surface area contributed by atoms with Crippen LogP contribution >= 0.6 is 0 Å². The molecule has 2 heterocycles. The highest BCUT2D eigenvalue weighted by atomic mass is 19.1. The Labute approximate surface area is 97.9 Å². The Bertz CT molecular complexity index is 561. The third kappa shape index (κ3) is 1.73. The summed E-state index contributed by atoms with van der Waals surface area (Å²) in [5.74, 6) is -1.07. The highest BCUT2D eigenvalue weighted by Crippen LogP contribution is 2.29. The van der Waals surface area contributed by atoms with Gasteiger partial charge in [-0.3, -0.25) is 4.68 Å². The van der Waals surface area contributed by atoms with E-state index in [-0.39, 0.29) is 0 Å². The first kappa shape index (κ1) is 10.4. The Morgan fingerprint density at radius 3 is 2.82 bits per heavy atom. The lowest BCUT2D eigenvalue weighted by Gasteiger charge is -2.14. The maximum Gasteiger partial charge on any atom is 0.134 e. The van der Waals surface area contributed by atoms with Gasteiger partial charge in [0.25, 0.3) is 0 Å². The van der Waals surface area contributed by atoms with Gasteiger partial charge in [-0.15, -0.1) is 0 Å². The van der Waals surface area contributed by atoms with E-state index in [1.165, 1.54) is 12.1 Å². The summed E-state index contributed by atoms with van der Waals surface area (Å²) in [5, 5.41) is 4.25. The minimum Gasteiger partial charge on any atom is -0.269 e. The van der Waals surface area contributed by atoms with Crippen LogP contribution in [0.3, 0.4) is 0 Å². The first-order valence-corrected chi connectivity index (χ1v) is 5.76. The fourth-order valence-electron chi connectivity index (χ4n) is 2.35. The van der Waals surface area contributed by atoms with Crippen molar-refractivity contribution >= 4 is 0 Å². The van der Waals surface area contributed by atoms with Crippen LogP contribution in [0.4, 0.5) is 8.78 Å². The van der Waals surface area contributed by atoms with Crippen LogP contribution in [-0.4, -0.2) is 9.78 Å². The van der Waals surface area contributed by atoms with Crippen molar-refractivity contribution < 1.29 is 8.78 Å². The van der Waals surface area contributed by atoms with Crippen molar-refractivity contribution in [2.75, 3.05) is 0 Å². The average Bonchev–Trinajstić information content (AvgIpc) is 2.73. The van der Waals surface area contributed by atoms with Gasteiger partial charge < -0.3 is 0 Å². The van der Waals surface area contributed by atoms with E-state index in [2.05, 4.69) is 5.10 Å². The summed E-state index contributed by atoms with van der Waals surface area (Å²) in [6, 6.07) is 3.69. The molecule has 1 aromatic heterocycles. The van der Waals surface area contributed by atoms with Gasteiger partial charge in [0, 0.05) is 29.4 Å². The van der Waals surface area contributed by atoms with Crippen LogP contribution in [0.15, 0.2) is 24.4 Å². The normalized spacial score (nSPS) is 14.7. The quantitative estimate of drug-likeness (QED) is 0.741. The van der Waals surface area contributed by atoms with E-state index >= 15 is 0 Å². The van der Waals surface area contributed by atoms with Crippen LogP contribution in [0.5, 0.6) is 0 Å². The van der Waals surface area contributed by atoms with Gasteiger partial charge in [0.05, 0.1) is 6.20 Å². The molecule has 0 fully saturated rings. The number of benzene rings is 1. The van der Waals surface area contributed by atoms with E-state index in [1.807, 2.05) is 4.68 Å². The highest BCUT2D eigenvalue weighted by Gasteiger charge is 2.18. The Balaban J connectivity index is 2.12. The number of halogens is 2. The second-order valence-electron chi connectivity index (χ2n) is 4.31. The van der Waals surface area contributed by atoms with E-state index in [0.717, 1.165) is 43.1 Å². The number of rotatable bonds is 1. The first-order valence-electron chi connectivity index (χ1n) is 5.76. The van der Waals surface area contributed by atoms with Gasteiger partial charge in [-0.05, 0) is 31.4 Å². The number of aromatic nitrogens is 2. The second kappa shape index (κ2) is 3.95. The predicted molar refractivity (Wildman–Crippen MR) is 60.5 cm³/mol. The summed E-state index contributed by atoms with van der Waals surface area (Å²) in [5.41, 5.74) is 2.29. The number of nitrogens with zero attached hydrogens (tertiary/aromatic N) is 2. The molecule has 0 N–H and O–H groups in total. The van der Waals surface area contributed by atoms with Crippen LogP contribution in [0.1, 0.15) is 18.5 Å².